The van der Waals surface area contributed by atoms with Crippen LogP contribution in [0.15, 0.2) is 88.9 Å². The van der Waals surface area contributed by atoms with Crippen molar-refractivity contribution in [2.24, 2.45) is 10.6 Å². The van der Waals surface area contributed by atoms with Crippen LogP contribution in [0.2, 0.25) is 5.02 Å². The molecule has 0 saturated carbocycles. The molecule has 0 spiro atoms. The van der Waals surface area contributed by atoms with Gasteiger partial charge in [-0.05, 0) is 67.3 Å². The van der Waals surface area contributed by atoms with Gasteiger partial charge in [-0.15, -0.1) is 21.9 Å². The molecule has 2 aromatic heterocycles. The third-order valence-corrected chi connectivity index (χ3v) is 9.60. The van der Waals surface area contributed by atoms with Crippen LogP contribution in [0, 0.1) is 15.5 Å². The molecule has 0 atom stereocenters. The fourth-order valence-corrected chi connectivity index (χ4v) is 6.97. The van der Waals surface area contributed by atoms with Gasteiger partial charge in [-0.2, -0.15) is 0 Å². The summed E-state index contributed by atoms with van der Waals surface area (Å²) in [6.07, 6.45) is 3.16. The van der Waals surface area contributed by atoms with Crippen molar-refractivity contribution in [1.29, 1.82) is 0 Å². The molecule has 0 radical (unpaired) electrons. The molecule has 13 heteroatoms. The van der Waals surface area contributed by atoms with Gasteiger partial charge in [-0.3, -0.25) is 0 Å². The van der Waals surface area contributed by atoms with Crippen LogP contribution >= 0.6 is 23.4 Å². The van der Waals surface area contributed by atoms with Gasteiger partial charge in [0.25, 0.3) is 5.09 Å². The summed E-state index contributed by atoms with van der Waals surface area (Å²) in [6.45, 7) is 11.4. The highest BCUT2D eigenvalue weighted by Gasteiger charge is 2.28. The molecule has 3 aromatic carbocycles. The number of nitrogens with zero attached hydrogens (tertiary/aromatic N) is 4. The van der Waals surface area contributed by atoms with Gasteiger partial charge in [0.2, 0.25) is 6.61 Å². The molecule has 2 heterocycles. The highest BCUT2D eigenvalue weighted by Crippen LogP contribution is 2.44. The Labute approximate surface area is 318 Å². The standard InChI is InChI=1S/C40H45ClN4O7S/c1-39(2,3)53-38-33-22-32(50-25-31-17-14-29-10-6-7-11-34(29)43-31)18-19-35(33)44(24-28-12-15-30(41)16-13-28)36(38)23-40(4,5)27-42-51-26-37(46)49-20-8-9-21-52-45(47)48/h6-7,10-19,22,27H,8-9,20-21,23-26H2,1-5H3/b42-27+. The summed E-state index contributed by atoms with van der Waals surface area (Å²) < 4.78 is 13.7. The first-order valence-corrected chi connectivity index (χ1v) is 18.6. The molecule has 0 bridgehead atoms. The van der Waals surface area contributed by atoms with E-state index < -0.39 is 16.5 Å². The van der Waals surface area contributed by atoms with Gasteiger partial charge in [-0.1, -0.05) is 87.8 Å². The van der Waals surface area contributed by atoms with E-state index in [-0.39, 0.29) is 24.6 Å². The number of benzene rings is 3. The van der Waals surface area contributed by atoms with Gasteiger partial charge in [0, 0.05) is 54.8 Å². The molecule has 53 heavy (non-hydrogen) atoms. The smallest absolute Gasteiger partial charge is 0.347 e. The number of esters is 1. The molecule has 0 fully saturated rings. The molecule has 0 aliphatic rings. The first kappa shape index (κ1) is 39.4. The molecule has 0 aliphatic heterocycles. The summed E-state index contributed by atoms with van der Waals surface area (Å²) in [7, 11) is 0. The van der Waals surface area contributed by atoms with Crippen molar-refractivity contribution in [2.45, 2.75) is 76.7 Å². The lowest BCUT2D eigenvalue weighted by atomic mass is 9.89. The van der Waals surface area contributed by atoms with E-state index in [1.165, 1.54) is 0 Å². The second kappa shape index (κ2) is 17.8. The SMILES string of the molecule is CC(C)(/C=N/OCC(=O)OCCCCO[N+](=O)[O-])Cc1c(SC(C)(C)C)c2cc(OCc3ccc4ccccc4n3)ccc2n1Cc1ccc(Cl)cc1. The maximum atomic E-state index is 12.1. The number of ether oxygens (including phenoxy) is 2. The topological polar surface area (TPSA) is 127 Å². The van der Waals surface area contributed by atoms with Gasteiger partial charge >= 0.3 is 5.97 Å². The molecule has 5 rings (SSSR count). The summed E-state index contributed by atoms with van der Waals surface area (Å²) in [4.78, 5) is 37.9. The van der Waals surface area contributed by atoms with Crippen molar-refractivity contribution in [2.75, 3.05) is 19.8 Å². The van der Waals surface area contributed by atoms with Crippen LogP contribution in [0.5, 0.6) is 5.75 Å². The Balaban J connectivity index is 1.38. The number of carbonyl (C=O) groups excluding carboxylic acids is 1. The highest BCUT2D eigenvalue weighted by atomic mass is 35.5. The van der Waals surface area contributed by atoms with E-state index in [9.17, 15) is 14.9 Å². The Morgan fingerprint density at radius 3 is 2.51 bits per heavy atom. The normalized spacial score (nSPS) is 12.0. The lowest BCUT2D eigenvalue weighted by Gasteiger charge is -2.24. The predicted octanol–water partition coefficient (Wildman–Crippen LogP) is 9.46. The number of carbonyl (C=O) groups is 1. The van der Waals surface area contributed by atoms with Crippen LogP contribution in [0.3, 0.4) is 0 Å². The quantitative estimate of drug-likeness (QED) is 0.0214. The Hall–Kier alpha value is -4.81. The minimum Gasteiger partial charge on any atom is -0.487 e. The maximum absolute atomic E-state index is 12.1. The number of oxime groups is 1. The largest absolute Gasteiger partial charge is 0.487 e. The Kier molecular flexibility index (Phi) is 13.2. The molecule has 280 valence electrons. The fraction of sp³-hybridized carbons (Fsp3) is 0.375. The van der Waals surface area contributed by atoms with E-state index in [2.05, 4.69) is 67.4 Å². The number of para-hydroxylation sites is 1. The van der Waals surface area contributed by atoms with Crippen molar-refractivity contribution in [3.8, 4) is 5.75 Å². The molecule has 5 aromatic rings. The summed E-state index contributed by atoms with van der Waals surface area (Å²) in [5, 5.41) is 16.4. The van der Waals surface area contributed by atoms with E-state index in [0.717, 1.165) is 49.4 Å². The minimum absolute atomic E-state index is 0.0478. The number of thioether (sulfide) groups is 1. The van der Waals surface area contributed by atoms with E-state index in [4.69, 9.17) is 30.9 Å². The first-order chi connectivity index (χ1) is 25.3. The van der Waals surface area contributed by atoms with Gasteiger partial charge in [-0.25, -0.2) is 9.78 Å². The molecular weight excluding hydrogens is 716 g/mol. The second-order valence-corrected chi connectivity index (χ2v) is 16.6. The van der Waals surface area contributed by atoms with Crippen molar-refractivity contribution < 1.29 is 29.0 Å². The molecule has 0 saturated heterocycles. The van der Waals surface area contributed by atoms with E-state index in [1.54, 1.807) is 6.21 Å². The zero-order valence-corrected chi connectivity index (χ0v) is 32.2. The third kappa shape index (κ3) is 11.8. The van der Waals surface area contributed by atoms with E-state index in [0.29, 0.717) is 37.4 Å². The van der Waals surface area contributed by atoms with Crippen LogP contribution in [-0.2, 0) is 38.8 Å². The summed E-state index contributed by atoms with van der Waals surface area (Å²) in [5.41, 5.74) is 4.65. The van der Waals surface area contributed by atoms with Crippen molar-refractivity contribution in [3.05, 3.63) is 111 Å². The molecule has 0 unspecified atom stereocenters. The van der Waals surface area contributed by atoms with E-state index >= 15 is 0 Å². The monoisotopic (exact) mass is 760 g/mol. The fourth-order valence-electron chi connectivity index (χ4n) is 5.66. The summed E-state index contributed by atoms with van der Waals surface area (Å²) in [5.74, 6) is 0.181. The summed E-state index contributed by atoms with van der Waals surface area (Å²) in [6, 6.07) is 26.3. The van der Waals surface area contributed by atoms with Crippen molar-refractivity contribution in [3.63, 3.8) is 0 Å². The van der Waals surface area contributed by atoms with Gasteiger partial charge in [0.1, 0.15) is 12.4 Å². The highest BCUT2D eigenvalue weighted by molar-refractivity contribution is 8.00. The van der Waals surface area contributed by atoms with Crippen molar-refractivity contribution >= 4 is 57.4 Å². The number of unbranched alkanes of at least 4 members (excludes halogenated alkanes) is 1. The van der Waals surface area contributed by atoms with Crippen LogP contribution in [-0.4, -0.2) is 51.4 Å². The lowest BCUT2D eigenvalue weighted by molar-refractivity contribution is -0.757. The van der Waals surface area contributed by atoms with Crippen LogP contribution in [0.25, 0.3) is 21.8 Å². The van der Waals surface area contributed by atoms with Gasteiger partial charge in [0.05, 0.1) is 24.4 Å². The lowest BCUT2D eigenvalue weighted by Crippen LogP contribution is -2.21. The third-order valence-electron chi connectivity index (χ3n) is 8.08. The van der Waals surface area contributed by atoms with E-state index in [1.807, 2.05) is 72.4 Å². The molecular formula is C40H45ClN4O7S. The minimum atomic E-state index is -0.846. The Morgan fingerprint density at radius 1 is 1.00 bits per heavy atom. The molecule has 0 amide bonds. The maximum Gasteiger partial charge on any atom is 0.347 e. The average molecular weight is 761 g/mol. The zero-order valence-electron chi connectivity index (χ0n) is 30.7. The number of fused-ring (bicyclic) bond motifs is 2. The summed E-state index contributed by atoms with van der Waals surface area (Å²) >= 11 is 8.06. The van der Waals surface area contributed by atoms with Crippen molar-refractivity contribution in [1.82, 2.24) is 9.55 Å². The Bertz CT molecular complexity index is 2060. The molecule has 0 N–H and O–H groups in total. The predicted molar refractivity (Wildman–Crippen MR) is 209 cm³/mol. The number of pyridine rings is 1. The first-order valence-electron chi connectivity index (χ1n) is 17.4. The van der Waals surface area contributed by atoms with Gasteiger partial charge in [0.15, 0.2) is 0 Å². The number of hydrogen-bond acceptors (Lipinski definition) is 10. The second-order valence-electron chi connectivity index (χ2n) is 14.3. The number of rotatable bonds is 18. The number of halogens is 1. The van der Waals surface area contributed by atoms with Crippen LogP contribution in [0.4, 0.5) is 0 Å². The van der Waals surface area contributed by atoms with Crippen LogP contribution < -0.4 is 4.74 Å². The molecule has 0 aliphatic carbocycles. The number of hydrogen-bond donors (Lipinski definition) is 0. The van der Waals surface area contributed by atoms with Gasteiger partial charge < -0.3 is 23.7 Å². The number of aromatic nitrogens is 2. The zero-order chi connectivity index (χ0) is 38.0. The average Bonchev–Trinajstić information content (AvgIpc) is 3.36. The Morgan fingerprint density at radius 2 is 1.75 bits per heavy atom. The molecule has 11 nitrogen and oxygen atoms in total. The van der Waals surface area contributed by atoms with Crippen LogP contribution in [0.1, 0.15) is 64.4 Å².